The summed E-state index contributed by atoms with van der Waals surface area (Å²) in [6.45, 7) is 5.08. The number of hydrogen-bond donors (Lipinski definition) is 2. The first kappa shape index (κ1) is 17.1. The third-order valence-corrected chi connectivity index (χ3v) is 3.93. The van der Waals surface area contributed by atoms with Crippen molar-refractivity contribution in [1.82, 2.24) is 14.8 Å². The number of ether oxygens (including phenoxy) is 1. The normalized spacial score (nSPS) is 10.5. The minimum atomic E-state index is -0.249. The van der Waals surface area contributed by atoms with E-state index in [1.165, 1.54) is 16.3 Å². The van der Waals surface area contributed by atoms with E-state index in [4.69, 9.17) is 4.74 Å². The standard InChI is InChI=1S/C15H20N4O3S/c1-3-9-19-14(21)17-18-15(19)23-10-13(20)16-11-5-7-12(8-6-11)22-4-2/h5-8H,3-4,9-10H2,1-2H3,(H,16,20)(H,17,21). The highest BCUT2D eigenvalue weighted by atomic mass is 32.2. The SMILES string of the molecule is CCCn1c(SCC(=O)Nc2ccc(OCC)cc2)n[nH]c1=O. The fourth-order valence-corrected chi connectivity index (χ4v) is 2.74. The summed E-state index contributed by atoms with van der Waals surface area (Å²) in [6.07, 6.45) is 0.825. The molecule has 0 aliphatic rings. The monoisotopic (exact) mass is 336 g/mol. The summed E-state index contributed by atoms with van der Waals surface area (Å²) >= 11 is 1.23. The second-order valence-electron chi connectivity index (χ2n) is 4.76. The van der Waals surface area contributed by atoms with Crippen LogP contribution in [0.5, 0.6) is 5.75 Å². The second kappa shape index (κ2) is 8.42. The first-order valence-electron chi connectivity index (χ1n) is 7.44. The van der Waals surface area contributed by atoms with Crippen LogP contribution in [0.25, 0.3) is 0 Å². The van der Waals surface area contributed by atoms with Crippen LogP contribution in [0.1, 0.15) is 20.3 Å². The van der Waals surface area contributed by atoms with Crippen LogP contribution in [0.3, 0.4) is 0 Å². The number of nitrogens with zero attached hydrogens (tertiary/aromatic N) is 2. The molecule has 1 aromatic heterocycles. The van der Waals surface area contributed by atoms with Crippen LogP contribution in [0.15, 0.2) is 34.2 Å². The zero-order chi connectivity index (χ0) is 16.7. The molecule has 7 nitrogen and oxygen atoms in total. The number of carbonyl (C=O) groups is 1. The Hall–Kier alpha value is -2.22. The van der Waals surface area contributed by atoms with Gasteiger partial charge in [-0.2, -0.15) is 0 Å². The number of benzene rings is 1. The lowest BCUT2D eigenvalue weighted by Gasteiger charge is -2.07. The summed E-state index contributed by atoms with van der Waals surface area (Å²) in [7, 11) is 0. The molecule has 0 saturated carbocycles. The maximum atomic E-state index is 12.0. The van der Waals surface area contributed by atoms with E-state index in [1.54, 1.807) is 24.3 Å². The Morgan fingerprint density at radius 3 is 2.74 bits per heavy atom. The highest BCUT2D eigenvalue weighted by molar-refractivity contribution is 7.99. The topological polar surface area (TPSA) is 89.0 Å². The van der Waals surface area contributed by atoms with Gasteiger partial charge < -0.3 is 10.1 Å². The number of H-pyrrole nitrogens is 1. The summed E-state index contributed by atoms with van der Waals surface area (Å²) in [5, 5.41) is 9.67. The second-order valence-corrected chi connectivity index (χ2v) is 5.70. The van der Waals surface area contributed by atoms with Gasteiger partial charge in [0.15, 0.2) is 5.16 Å². The molecular weight excluding hydrogens is 316 g/mol. The van der Waals surface area contributed by atoms with Crippen molar-refractivity contribution in [2.24, 2.45) is 0 Å². The van der Waals surface area contributed by atoms with Crippen molar-refractivity contribution in [2.45, 2.75) is 32.0 Å². The van der Waals surface area contributed by atoms with Crippen molar-refractivity contribution in [3.8, 4) is 5.75 Å². The lowest BCUT2D eigenvalue weighted by molar-refractivity contribution is -0.113. The van der Waals surface area contributed by atoms with E-state index in [-0.39, 0.29) is 17.3 Å². The predicted octanol–water partition coefficient (Wildman–Crippen LogP) is 2.11. The van der Waals surface area contributed by atoms with Gasteiger partial charge in [0.25, 0.3) is 0 Å². The Labute approximate surface area is 138 Å². The van der Waals surface area contributed by atoms with Crippen molar-refractivity contribution in [1.29, 1.82) is 0 Å². The number of aromatic amines is 1. The van der Waals surface area contributed by atoms with Gasteiger partial charge in [-0.25, -0.2) is 9.89 Å². The van der Waals surface area contributed by atoms with Crippen LogP contribution in [-0.2, 0) is 11.3 Å². The fraction of sp³-hybridized carbons (Fsp3) is 0.400. The molecule has 1 heterocycles. The number of anilines is 1. The lowest BCUT2D eigenvalue weighted by atomic mass is 10.3. The van der Waals surface area contributed by atoms with Gasteiger partial charge in [0, 0.05) is 12.2 Å². The Kier molecular flexibility index (Phi) is 6.28. The number of aromatic nitrogens is 3. The van der Waals surface area contributed by atoms with Gasteiger partial charge in [-0.05, 0) is 37.6 Å². The van der Waals surface area contributed by atoms with Gasteiger partial charge in [-0.3, -0.25) is 9.36 Å². The van der Waals surface area contributed by atoms with Gasteiger partial charge >= 0.3 is 5.69 Å². The minimum absolute atomic E-state index is 0.155. The van der Waals surface area contributed by atoms with E-state index in [9.17, 15) is 9.59 Å². The number of rotatable bonds is 8. The van der Waals surface area contributed by atoms with Crippen molar-refractivity contribution in [3.05, 3.63) is 34.7 Å². The number of nitrogens with one attached hydrogen (secondary N) is 2. The van der Waals surface area contributed by atoms with Gasteiger partial charge in [0.2, 0.25) is 5.91 Å². The maximum absolute atomic E-state index is 12.0. The molecule has 0 aliphatic heterocycles. The third-order valence-electron chi connectivity index (χ3n) is 2.95. The van der Waals surface area contributed by atoms with Crippen molar-refractivity contribution in [2.75, 3.05) is 17.7 Å². The number of amides is 1. The molecule has 1 aromatic carbocycles. The maximum Gasteiger partial charge on any atom is 0.343 e. The molecule has 0 unspecified atom stereocenters. The molecule has 1 amide bonds. The molecule has 2 rings (SSSR count). The summed E-state index contributed by atoms with van der Waals surface area (Å²) in [4.78, 5) is 23.6. The Bertz CT molecular complexity index is 693. The van der Waals surface area contributed by atoms with Gasteiger partial charge in [-0.1, -0.05) is 18.7 Å². The van der Waals surface area contributed by atoms with Crippen molar-refractivity contribution >= 4 is 23.4 Å². The molecule has 0 saturated heterocycles. The van der Waals surface area contributed by atoms with Crippen LogP contribution >= 0.6 is 11.8 Å². The van der Waals surface area contributed by atoms with E-state index >= 15 is 0 Å². The Balaban J connectivity index is 1.89. The Morgan fingerprint density at radius 1 is 1.35 bits per heavy atom. The quantitative estimate of drug-likeness (QED) is 0.721. The van der Waals surface area contributed by atoms with E-state index in [0.29, 0.717) is 24.0 Å². The van der Waals surface area contributed by atoms with Crippen molar-refractivity contribution < 1.29 is 9.53 Å². The summed E-state index contributed by atoms with van der Waals surface area (Å²) < 4.78 is 6.89. The van der Waals surface area contributed by atoms with Crippen molar-refractivity contribution in [3.63, 3.8) is 0 Å². The molecule has 124 valence electrons. The molecule has 8 heteroatoms. The highest BCUT2D eigenvalue weighted by Crippen LogP contribution is 2.17. The lowest BCUT2D eigenvalue weighted by Crippen LogP contribution is -2.18. The molecule has 0 fully saturated rings. The average Bonchev–Trinajstić information content (AvgIpc) is 2.89. The van der Waals surface area contributed by atoms with Gasteiger partial charge in [-0.15, -0.1) is 5.10 Å². The minimum Gasteiger partial charge on any atom is -0.494 e. The molecule has 0 atom stereocenters. The molecule has 2 N–H and O–H groups in total. The summed E-state index contributed by atoms with van der Waals surface area (Å²) in [6, 6.07) is 7.18. The van der Waals surface area contributed by atoms with Crippen LogP contribution in [-0.4, -0.2) is 33.0 Å². The molecular formula is C15H20N4O3S. The Morgan fingerprint density at radius 2 is 2.09 bits per heavy atom. The molecule has 2 aromatic rings. The third kappa shape index (κ3) is 4.88. The largest absolute Gasteiger partial charge is 0.494 e. The van der Waals surface area contributed by atoms with Gasteiger partial charge in [0.05, 0.1) is 12.4 Å². The van der Waals surface area contributed by atoms with E-state index in [0.717, 1.165) is 12.2 Å². The number of carbonyl (C=O) groups excluding carboxylic acids is 1. The highest BCUT2D eigenvalue weighted by Gasteiger charge is 2.11. The van der Waals surface area contributed by atoms with Crippen LogP contribution < -0.4 is 15.7 Å². The first-order valence-corrected chi connectivity index (χ1v) is 8.43. The fourth-order valence-electron chi connectivity index (χ4n) is 1.96. The van der Waals surface area contributed by atoms with Gasteiger partial charge in [0.1, 0.15) is 5.75 Å². The van der Waals surface area contributed by atoms with Crippen LogP contribution in [0.2, 0.25) is 0 Å². The van der Waals surface area contributed by atoms with E-state index in [2.05, 4.69) is 15.5 Å². The smallest absolute Gasteiger partial charge is 0.343 e. The average molecular weight is 336 g/mol. The number of thioether (sulfide) groups is 1. The predicted molar refractivity (Wildman–Crippen MR) is 90.1 cm³/mol. The zero-order valence-corrected chi connectivity index (χ0v) is 14.0. The molecule has 0 spiro atoms. The van der Waals surface area contributed by atoms with Crippen LogP contribution in [0.4, 0.5) is 5.69 Å². The van der Waals surface area contributed by atoms with E-state index in [1.807, 2.05) is 13.8 Å². The summed E-state index contributed by atoms with van der Waals surface area (Å²) in [5.41, 5.74) is 0.452. The summed E-state index contributed by atoms with van der Waals surface area (Å²) in [5.74, 6) is 0.791. The molecule has 0 bridgehead atoms. The number of hydrogen-bond acceptors (Lipinski definition) is 5. The van der Waals surface area contributed by atoms with E-state index < -0.39 is 0 Å². The molecule has 23 heavy (non-hydrogen) atoms. The first-order chi connectivity index (χ1) is 11.1. The molecule has 0 radical (unpaired) electrons. The molecule has 0 aliphatic carbocycles. The zero-order valence-electron chi connectivity index (χ0n) is 13.2. The van der Waals surface area contributed by atoms with Crippen LogP contribution in [0, 0.1) is 0 Å².